The number of aliphatic carboxylic acids is 7. The predicted octanol–water partition coefficient (Wildman–Crippen LogP) is -0.911. The van der Waals surface area contributed by atoms with E-state index in [1.54, 1.807) is 80.3 Å². The normalized spacial score (nSPS) is 15.1. The van der Waals surface area contributed by atoms with Crippen LogP contribution in [0.1, 0.15) is 101 Å². The molecule has 0 radical (unpaired) electrons. The van der Waals surface area contributed by atoms with Crippen molar-refractivity contribution in [2.24, 2.45) is 0 Å². The number of hydrogen-bond donors (Lipinski definition) is 14. The number of amides is 7. The third-order valence-corrected chi connectivity index (χ3v) is 14.7. The molecule has 0 bridgehead atoms. The maximum Gasteiger partial charge on any atom is 3.00 e. The zero-order valence-corrected chi connectivity index (χ0v) is 54.1. The number of carboxylic acids is 7. The quantitative estimate of drug-likeness (QED) is 0.0283. The van der Waals surface area contributed by atoms with Crippen molar-refractivity contribution in [2.75, 3.05) is 91.6 Å². The molecule has 5 atom stereocenters. The molecule has 2 aromatic carbocycles. The number of benzene rings is 2. The first kappa shape index (κ1) is 79.9. The second kappa shape index (κ2) is 45.2. The molecule has 1 aliphatic heterocycles. The van der Waals surface area contributed by atoms with Crippen LogP contribution in [0, 0.1) is 0 Å². The van der Waals surface area contributed by atoms with E-state index in [0.717, 1.165) is 0 Å². The van der Waals surface area contributed by atoms with Gasteiger partial charge in [-0.3, -0.25) is 62.8 Å². The van der Waals surface area contributed by atoms with Gasteiger partial charge in [-0.25, -0.2) is 19.2 Å². The Kier molecular flexibility index (Phi) is 39.2. The van der Waals surface area contributed by atoms with Crippen LogP contribution in [0.4, 0.5) is 4.79 Å². The fourth-order valence-corrected chi connectivity index (χ4v) is 9.79. The Morgan fingerprint density at radius 3 is 1.04 bits per heavy atom. The molecule has 1 heterocycles. The van der Waals surface area contributed by atoms with E-state index in [2.05, 4.69) is 37.2 Å². The topological polar surface area (TPSA) is 461 Å². The molecule has 0 saturated carbocycles. The summed E-state index contributed by atoms with van der Waals surface area (Å²) in [5.74, 6) is -11.4. The van der Waals surface area contributed by atoms with Gasteiger partial charge < -0.3 is 73.0 Å². The van der Waals surface area contributed by atoms with E-state index < -0.39 is 109 Å². The standard InChI is InChI=1S/C60H89N11O20.Ga/c72-48(21-9-1-2-10-22-49(73)62-26-14-12-20-44(58(87)88)66-60(91)67-45(59(89)90)23-24-51(75)76)61-25-13-11-19-43(57(85)86)64-56(84)47(36-42-17-7-4-8-18-42)65-55(83)46(35-41-15-5-3-6-16-41)63-50(74)37-68-27-29-69(38-52(77)78)31-33-71(40-54(81)82)34-32-70(30-28-68)39-53(79)80;/h3-8,15-18,43-47H,1-2,9-14,19-40H2,(H,61,72)(H,62,73)(H,63,74)(H,64,84)(H,65,83)(H,75,76)(H,77,78)(H,79,80)(H,81,82)(H,85,86)(H,87,88)(H,89,90)(H2,66,67,91);/q;+3/t43-,44+,45+,46?,47?;/m1./s1/i;1-2. The number of rotatable bonds is 42. The summed E-state index contributed by atoms with van der Waals surface area (Å²) in [6, 6.07) is 9.48. The summed E-state index contributed by atoms with van der Waals surface area (Å²) in [7, 11) is 0. The number of hydrogen-bond acceptors (Lipinski definition) is 17. The minimum absolute atomic E-state index is 0. The number of nitrogens with zero attached hydrogens (tertiary/aromatic N) is 4. The number of carbonyl (C=O) groups is 13. The van der Waals surface area contributed by atoms with Crippen LogP contribution in [0.2, 0.25) is 0 Å². The van der Waals surface area contributed by atoms with Crippen LogP contribution >= 0.6 is 0 Å². The molecule has 0 aliphatic carbocycles. The molecule has 2 aromatic rings. The van der Waals surface area contributed by atoms with Crippen molar-refractivity contribution in [1.29, 1.82) is 0 Å². The van der Waals surface area contributed by atoms with Crippen molar-refractivity contribution < 1.29 is 98.1 Å². The Morgan fingerprint density at radius 2 is 0.685 bits per heavy atom. The largest absolute Gasteiger partial charge is 3.00 e. The molecule has 0 spiro atoms. The van der Waals surface area contributed by atoms with Gasteiger partial charge in [-0.15, -0.1) is 0 Å². The van der Waals surface area contributed by atoms with E-state index in [0.29, 0.717) is 56.1 Å². The van der Waals surface area contributed by atoms with Crippen LogP contribution in [0.5, 0.6) is 0 Å². The summed E-state index contributed by atoms with van der Waals surface area (Å²) in [6.07, 6.45) is 3.13. The SMILES string of the molecule is O=C(O)CC[C@H](NC(=O)N[C@@H](CCCCNC(=O)CCCCCCC(=O)NCCCC[C@@H](NC(=O)C(Cc1ccccc1)NC(=O)C(Cc1ccccc1)NC(=O)CN1CCN(CC(=O)O)CCN(CC(=O)O)CCN(CC(=O)O)CC1)C(=O)O)C(=O)O)C(=O)O.[68Ga+3]. The molecule has 0 aromatic heterocycles. The van der Waals surface area contributed by atoms with Gasteiger partial charge in [-0.2, -0.15) is 0 Å². The van der Waals surface area contributed by atoms with Gasteiger partial charge in [0.1, 0.15) is 30.2 Å². The molecule has 14 N–H and O–H groups in total. The maximum atomic E-state index is 14.4. The molecule has 31 nitrogen and oxygen atoms in total. The van der Waals surface area contributed by atoms with Crippen LogP contribution in [0.25, 0.3) is 0 Å². The van der Waals surface area contributed by atoms with E-state index in [1.807, 2.05) is 0 Å². The number of unbranched alkanes of at least 4 members (excludes halogenated alkanes) is 5. The van der Waals surface area contributed by atoms with Gasteiger partial charge in [0, 0.05) is 97.6 Å². The molecule has 32 heteroatoms. The molecular formula is C60H89GaN11O20+3. The Hall–Kier alpha value is -8.17. The van der Waals surface area contributed by atoms with Gasteiger partial charge in [-0.1, -0.05) is 73.5 Å². The first-order chi connectivity index (χ1) is 43.4. The smallest absolute Gasteiger partial charge is 0.481 e. The monoisotopic (exact) mass is 1350 g/mol. The van der Waals surface area contributed by atoms with Crippen molar-refractivity contribution in [2.45, 2.75) is 133 Å². The molecule has 2 unspecified atom stereocenters. The zero-order chi connectivity index (χ0) is 67.1. The maximum absolute atomic E-state index is 14.4. The van der Waals surface area contributed by atoms with Crippen LogP contribution in [-0.2, 0) is 70.4 Å². The Labute approximate surface area is 546 Å². The fourth-order valence-electron chi connectivity index (χ4n) is 9.79. The predicted molar refractivity (Wildman–Crippen MR) is 331 cm³/mol. The molecule has 1 saturated heterocycles. The van der Waals surface area contributed by atoms with Crippen LogP contribution in [0.3, 0.4) is 0 Å². The fraction of sp³-hybridized carbons (Fsp3) is 0.583. The molecule has 1 aliphatic rings. The molecule has 7 amide bonds. The molecular weight excluding hydrogens is 1260 g/mol. The van der Waals surface area contributed by atoms with Crippen molar-refractivity contribution in [1.82, 2.24) is 56.8 Å². The van der Waals surface area contributed by atoms with Gasteiger partial charge >= 0.3 is 67.6 Å². The minimum Gasteiger partial charge on any atom is -0.481 e. The number of urea groups is 1. The van der Waals surface area contributed by atoms with Gasteiger partial charge in [0.05, 0.1) is 26.2 Å². The third kappa shape index (κ3) is 36.0. The van der Waals surface area contributed by atoms with E-state index in [-0.39, 0.29) is 168 Å². The summed E-state index contributed by atoms with van der Waals surface area (Å²) in [6.45, 7) is 0.313. The van der Waals surface area contributed by atoms with E-state index in [9.17, 15) is 93.0 Å². The second-order valence-corrected chi connectivity index (χ2v) is 22.2. The minimum atomic E-state index is -1.53. The van der Waals surface area contributed by atoms with Gasteiger partial charge in [-0.05, 0) is 68.9 Å². The summed E-state index contributed by atoms with van der Waals surface area (Å²) in [5.41, 5.74) is 1.28. The van der Waals surface area contributed by atoms with Gasteiger partial charge in [0.2, 0.25) is 29.5 Å². The Balaban J connectivity index is 0.0000288. The summed E-state index contributed by atoms with van der Waals surface area (Å²) in [5, 5.41) is 84.4. The number of nitrogens with one attached hydrogen (secondary N) is 7. The molecule has 1 fully saturated rings. The van der Waals surface area contributed by atoms with E-state index >= 15 is 0 Å². The number of carboxylic acid groups (broad SMARTS) is 7. The van der Waals surface area contributed by atoms with Crippen LogP contribution < -0.4 is 37.2 Å². The summed E-state index contributed by atoms with van der Waals surface area (Å²) >= 11 is 0. The van der Waals surface area contributed by atoms with Gasteiger partial charge in [0.15, 0.2) is 0 Å². The third-order valence-electron chi connectivity index (χ3n) is 14.7. The van der Waals surface area contributed by atoms with E-state index in [1.165, 1.54) is 0 Å². The van der Waals surface area contributed by atoms with Crippen LogP contribution in [-0.4, -0.2) is 274 Å². The first-order valence-corrected chi connectivity index (χ1v) is 30.4. The first-order valence-electron chi connectivity index (χ1n) is 30.4. The summed E-state index contributed by atoms with van der Waals surface area (Å²) in [4.78, 5) is 168. The van der Waals surface area contributed by atoms with E-state index in [4.69, 9.17) is 5.11 Å². The van der Waals surface area contributed by atoms with Crippen molar-refractivity contribution in [3.8, 4) is 0 Å². The Bertz CT molecular complexity index is 2670. The van der Waals surface area contributed by atoms with Gasteiger partial charge in [0.25, 0.3) is 0 Å². The molecule has 504 valence electrons. The average molecular weight is 1350 g/mol. The molecule has 3 rings (SSSR count). The zero-order valence-electron chi connectivity index (χ0n) is 51.7. The summed E-state index contributed by atoms with van der Waals surface area (Å²) < 4.78 is 0. The second-order valence-electron chi connectivity index (χ2n) is 22.2. The Morgan fingerprint density at radius 1 is 0.348 bits per heavy atom. The average Bonchev–Trinajstić information content (AvgIpc) is 1.60. The molecule has 92 heavy (non-hydrogen) atoms. The van der Waals surface area contributed by atoms with Crippen molar-refractivity contribution in [3.05, 3.63) is 71.8 Å². The van der Waals surface area contributed by atoms with Crippen molar-refractivity contribution in [3.63, 3.8) is 0 Å². The van der Waals surface area contributed by atoms with Crippen LogP contribution in [0.15, 0.2) is 60.7 Å². The number of carbonyl (C=O) groups excluding carboxylic acids is 6. The van der Waals surface area contributed by atoms with Crippen molar-refractivity contribution >= 4 is 97.1 Å².